The zero-order chi connectivity index (χ0) is 14.7. The number of rotatable bonds is 5. The smallest absolute Gasteiger partial charge is 0.311 e. The zero-order valence-corrected chi connectivity index (χ0v) is 12.5. The highest BCUT2D eigenvalue weighted by Crippen LogP contribution is 2.25. The number of carbonyl (C=O) groups excluding carboxylic acids is 2. The average molecular weight is 316 g/mol. The summed E-state index contributed by atoms with van der Waals surface area (Å²) in [7, 11) is 0. The van der Waals surface area contributed by atoms with Crippen molar-refractivity contribution in [2.24, 2.45) is 0 Å². The van der Waals surface area contributed by atoms with Crippen molar-refractivity contribution < 1.29 is 14.3 Å². The Morgan fingerprint density at radius 3 is 2.50 bits per heavy atom. The third-order valence-electron chi connectivity index (χ3n) is 2.98. The maximum Gasteiger partial charge on any atom is 0.311 e. The normalized spacial score (nSPS) is 15.6. The second kappa shape index (κ2) is 6.46. The second-order valence-corrected chi connectivity index (χ2v) is 5.61. The Labute approximate surface area is 127 Å². The van der Waals surface area contributed by atoms with Gasteiger partial charge >= 0.3 is 5.97 Å². The van der Waals surface area contributed by atoms with E-state index in [1.54, 1.807) is 25.1 Å². The standard InChI is InChI=1S/C14H15Cl2NO3/c1-8(14(19)17-9-5-6-9)20-13(18)7-10-11(15)3-2-4-12(10)16/h2-4,8-9H,5-7H2,1H3,(H,17,19)/t8-/m1/s1. The summed E-state index contributed by atoms with van der Waals surface area (Å²) < 4.78 is 5.09. The number of halogens is 2. The Balaban J connectivity index is 1.89. The lowest BCUT2D eigenvalue weighted by Gasteiger charge is -2.14. The number of esters is 1. The lowest BCUT2D eigenvalue weighted by atomic mass is 10.1. The predicted molar refractivity (Wildman–Crippen MR) is 76.9 cm³/mol. The molecular formula is C14H15Cl2NO3. The van der Waals surface area contributed by atoms with E-state index in [0.29, 0.717) is 15.6 Å². The molecule has 2 rings (SSSR count). The van der Waals surface area contributed by atoms with E-state index in [1.165, 1.54) is 0 Å². The molecule has 0 saturated heterocycles. The highest BCUT2D eigenvalue weighted by molar-refractivity contribution is 6.36. The third kappa shape index (κ3) is 4.12. The van der Waals surface area contributed by atoms with E-state index in [0.717, 1.165) is 12.8 Å². The molecule has 1 fully saturated rings. The van der Waals surface area contributed by atoms with E-state index >= 15 is 0 Å². The van der Waals surface area contributed by atoms with E-state index in [-0.39, 0.29) is 18.4 Å². The number of carbonyl (C=O) groups is 2. The van der Waals surface area contributed by atoms with Crippen molar-refractivity contribution in [3.63, 3.8) is 0 Å². The van der Waals surface area contributed by atoms with E-state index < -0.39 is 12.1 Å². The molecule has 1 atom stereocenters. The number of nitrogens with one attached hydrogen (secondary N) is 1. The summed E-state index contributed by atoms with van der Waals surface area (Å²) in [5.74, 6) is -0.801. The molecule has 0 radical (unpaired) electrons. The molecule has 0 aromatic heterocycles. The van der Waals surface area contributed by atoms with Crippen LogP contribution in [0.5, 0.6) is 0 Å². The van der Waals surface area contributed by atoms with Crippen molar-refractivity contribution in [1.82, 2.24) is 5.32 Å². The summed E-state index contributed by atoms with van der Waals surface area (Å²) in [5, 5.41) is 3.59. The van der Waals surface area contributed by atoms with Gasteiger partial charge in [-0.05, 0) is 31.9 Å². The van der Waals surface area contributed by atoms with Crippen molar-refractivity contribution in [3.8, 4) is 0 Å². The molecule has 1 amide bonds. The number of benzene rings is 1. The number of hydrogen-bond donors (Lipinski definition) is 1. The van der Waals surface area contributed by atoms with Crippen LogP contribution in [0.2, 0.25) is 10.0 Å². The molecule has 0 spiro atoms. The molecule has 1 aromatic rings. The van der Waals surface area contributed by atoms with Gasteiger partial charge in [-0.1, -0.05) is 29.3 Å². The minimum absolute atomic E-state index is 0.0560. The zero-order valence-electron chi connectivity index (χ0n) is 11.0. The minimum atomic E-state index is -0.815. The van der Waals surface area contributed by atoms with Gasteiger partial charge in [0.05, 0.1) is 6.42 Å². The molecule has 0 heterocycles. The van der Waals surface area contributed by atoms with Crippen LogP contribution in [0.3, 0.4) is 0 Å². The van der Waals surface area contributed by atoms with Gasteiger partial charge in [-0.25, -0.2) is 0 Å². The maximum absolute atomic E-state index is 11.8. The Bertz CT molecular complexity index is 509. The van der Waals surface area contributed by atoms with Gasteiger partial charge in [-0.2, -0.15) is 0 Å². The second-order valence-electron chi connectivity index (χ2n) is 4.79. The summed E-state index contributed by atoms with van der Waals surface area (Å²) in [6.45, 7) is 1.55. The van der Waals surface area contributed by atoms with Gasteiger partial charge in [0.25, 0.3) is 5.91 Å². The lowest BCUT2D eigenvalue weighted by molar-refractivity contribution is -0.154. The molecule has 4 nitrogen and oxygen atoms in total. The third-order valence-corrected chi connectivity index (χ3v) is 3.69. The summed E-state index contributed by atoms with van der Waals surface area (Å²) >= 11 is 12.0. The van der Waals surface area contributed by atoms with Crippen molar-refractivity contribution in [2.75, 3.05) is 0 Å². The van der Waals surface area contributed by atoms with Gasteiger partial charge in [-0.3, -0.25) is 9.59 Å². The van der Waals surface area contributed by atoms with Crippen LogP contribution in [-0.4, -0.2) is 24.0 Å². The monoisotopic (exact) mass is 315 g/mol. The van der Waals surface area contributed by atoms with Gasteiger partial charge in [0.2, 0.25) is 0 Å². The van der Waals surface area contributed by atoms with Crippen LogP contribution in [-0.2, 0) is 20.7 Å². The van der Waals surface area contributed by atoms with E-state index in [9.17, 15) is 9.59 Å². The molecular weight excluding hydrogens is 301 g/mol. The van der Waals surface area contributed by atoms with Crippen molar-refractivity contribution in [2.45, 2.75) is 38.3 Å². The summed E-state index contributed by atoms with van der Waals surface area (Å²) in [6.07, 6.45) is 1.10. The summed E-state index contributed by atoms with van der Waals surface area (Å²) in [6, 6.07) is 5.24. The lowest BCUT2D eigenvalue weighted by Crippen LogP contribution is -2.37. The molecule has 108 valence electrons. The van der Waals surface area contributed by atoms with Crippen molar-refractivity contribution in [3.05, 3.63) is 33.8 Å². The topological polar surface area (TPSA) is 55.4 Å². The number of amides is 1. The predicted octanol–water partition coefficient (Wildman–Crippen LogP) is 2.75. The minimum Gasteiger partial charge on any atom is -0.452 e. The van der Waals surface area contributed by atoms with E-state index in [2.05, 4.69) is 5.32 Å². The first-order valence-electron chi connectivity index (χ1n) is 6.40. The Morgan fingerprint density at radius 2 is 1.95 bits per heavy atom. The molecule has 0 unspecified atom stereocenters. The molecule has 1 saturated carbocycles. The molecule has 1 aliphatic rings. The Hall–Kier alpha value is -1.26. The van der Waals surface area contributed by atoms with Gasteiger partial charge in [0.1, 0.15) is 0 Å². The van der Waals surface area contributed by atoms with Crippen LogP contribution in [0.15, 0.2) is 18.2 Å². The van der Waals surface area contributed by atoms with Crippen LogP contribution < -0.4 is 5.32 Å². The molecule has 1 N–H and O–H groups in total. The van der Waals surface area contributed by atoms with E-state index in [1.807, 2.05) is 0 Å². The average Bonchev–Trinajstić information content (AvgIpc) is 3.18. The Morgan fingerprint density at radius 1 is 1.35 bits per heavy atom. The summed E-state index contributed by atoms with van der Waals surface area (Å²) in [5.41, 5.74) is 0.510. The first-order valence-corrected chi connectivity index (χ1v) is 7.15. The molecule has 1 aromatic carbocycles. The van der Waals surface area contributed by atoms with Gasteiger partial charge in [0.15, 0.2) is 6.10 Å². The first-order chi connectivity index (χ1) is 9.47. The van der Waals surface area contributed by atoms with Crippen LogP contribution in [0, 0.1) is 0 Å². The SMILES string of the molecule is C[C@@H](OC(=O)Cc1c(Cl)cccc1Cl)C(=O)NC1CC1. The van der Waals surface area contributed by atoms with Crippen LogP contribution >= 0.6 is 23.2 Å². The molecule has 1 aliphatic carbocycles. The largest absolute Gasteiger partial charge is 0.452 e. The van der Waals surface area contributed by atoms with Crippen LogP contribution in [0.4, 0.5) is 0 Å². The molecule has 20 heavy (non-hydrogen) atoms. The van der Waals surface area contributed by atoms with Crippen LogP contribution in [0.25, 0.3) is 0 Å². The van der Waals surface area contributed by atoms with Crippen LogP contribution in [0.1, 0.15) is 25.3 Å². The fraction of sp³-hybridized carbons (Fsp3) is 0.429. The fourth-order valence-electron chi connectivity index (χ4n) is 1.68. The quantitative estimate of drug-likeness (QED) is 0.850. The highest BCUT2D eigenvalue weighted by Gasteiger charge is 2.27. The summed E-state index contributed by atoms with van der Waals surface area (Å²) in [4.78, 5) is 23.5. The maximum atomic E-state index is 11.8. The highest BCUT2D eigenvalue weighted by atomic mass is 35.5. The number of hydrogen-bond acceptors (Lipinski definition) is 3. The van der Waals surface area contributed by atoms with Gasteiger partial charge in [-0.15, -0.1) is 0 Å². The Kier molecular flexibility index (Phi) is 4.89. The van der Waals surface area contributed by atoms with Gasteiger partial charge in [0, 0.05) is 21.7 Å². The fourth-order valence-corrected chi connectivity index (χ4v) is 2.22. The molecule has 0 bridgehead atoms. The molecule has 6 heteroatoms. The van der Waals surface area contributed by atoms with Crippen molar-refractivity contribution >= 4 is 35.1 Å². The van der Waals surface area contributed by atoms with E-state index in [4.69, 9.17) is 27.9 Å². The van der Waals surface area contributed by atoms with Crippen molar-refractivity contribution in [1.29, 1.82) is 0 Å². The number of ether oxygens (including phenoxy) is 1. The van der Waals surface area contributed by atoms with Gasteiger partial charge < -0.3 is 10.1 Å². The first kappa shape index (κ1) is 15.1. The molecule has 0 aliphatic heterocycles.